The summed E-state index contributed by atoms with van der Waals surface area (Å²) in [6.45, 7) is 2.24. The standard InChI is InChI=1S/C20H21FN4O4S2/c1-2-15-10-17-19(30-15)22-12-25(20(17)27)23-18(26)13-4-3-9-24(11-13)31(28,29)16-7-5-14(21)6-8-16/h5-8,10,12-13H,2-4,9,11H2,1H3,(H,23,26). The number of hydrogen-bond acceptors (Lipinski definition) is 6. The van der Waals surface area contributed by atoms with E-state index in [1.807, 2.05) is 6.92 Å². The Labute approximate surface area is 182 Å². The SMILES string of the molecule is CCc1cc2c(=O)n(NC(=O)C3CCCN(S(=O)(=O)c4ccc(F)cc4)C3)cnc2s1. The van der Waals surface area contributed by atoms with Crippen molar-refractivity contribution in [3.63, 3.8) is 0 Å². The summed E-state index contributed by atoms with van der Waals surface area (Å²) >= 11 is 1.43. The molecule has 1 atom stereocenters. The number of benzene rings is 1. The van der Waals surface area contributed by atoms with Crippen LogP contribution in [0.5, 0.6) is 0 Å². The monoisotopic (exact) mass is 464 g/mol. The quantitative estimate of drug-likeness (QED) is 0.625. The minimum absolute atomic E-state index is 0.0194. The lowest BCUT2D eigenvalue weighted by molar-refractivity contribution is -0.121. The first kappa shape index (κ1) is 21.6. The third kappa shape index (κ3) is 4.25. The summed E-state index contributed by atoms with van der Waals surface area (Å²) in [4.78, 5) is 31.3. The van der Waals surface area contributed by atoms with E-state index in [-0.39, 0.29) is 23.5 Å². The summed E-state index contributed by atoms with van der Waals surface area (Å²) in [7, 11) is -3.85. The lowest BCUT2D eigenvalue weighted by atomic mass is 9.99. The third-order valence-electron chi connectivity index (χ3n) is 5.29. The maximum atomic E-state index is 13.1. The second-order valence-electron chi connectivity index (χ2n) is 7.34. The van der Waals surface area contributed by atoms with Gasteiger partial charge in [0, 0.05) is 18.0 Å². The number of piperidine rings is 1. The Kier molecular flexibility index (Phi) is 5.91. The molecule has 1 aromatic carbocycles. The molecule has 0 saturated carbocycles. The molecule has 1 N–H and O–H groups in total. The van der Waals surface area contributed by atoms with Gasteiger partial charge in [-0.2, -0.15) is 4.31 Å². The molecule has 1 fully saturated rings. The average molecular weight is 465 g/mol. The Hall–Kier alpha value is -2.63. The molecule has 164 valence electrons. The molecule has 1 aliphatic heterocycles. The number of sulfonamides is 1. The highest BCUT2D eigenvalue weighted by Crippen LogP contribution is 2.24. The topological polar surface area (TPSA) is 101 Å². The molecular formula is C20H21FN4O4S2. The molecule has 0 aliphatic carbocycles. The van der Waals surface area contributed by atoms with Gasteiger partial charge in [0.15, 0.2) is 0 Å². The van der Waals surface area contributed by atoms with Crippen LogP contribution in [0.3, 0.4) is 0 Å². The zero-order chi connectivity index (χ0) is 22.2. The third-order valence-corrected chi connectivity index (χ3v) is 8.36. The van der Waals surface area contributed by atoms with Crippen molar-refractivity contribution in [3.8, 4) is 0 Å². The van der Waals surface area contributed by atoms with Crippen LogP contribution in [0.1, 0.15) is 24.6 Å². The second-order valence-corrected chi connectivity index (χ2v) is 10.4. The van der Waals surface area contributed by atoms with Crippen LogP contribution in [-0.2, 0) is 21.2 Å². The Morgan fingerprint density at radius 2 is 2.06 bits per heavy atom. The van der Waals surface area contributed by atoms with Gasteiger partial charge < -0.3 is 0 Å². The van der Waals surface area contributed by atoms with Crippen LogP contribution < -0.4 is 11.0 Å². The number of aryl methyl sites for hydroxylation is 1. The van der Waals surface area contributed by atoms with Crippen LogP contribution in [0.15, 0.2) is 46.3 Å². The number of nitrogens with zero attached hydrogens (tertiary/aromatic N) is 3. The summed E-state index contributed by atoms with van der Waals surface area (Å²) in [6.07, 6.45) is 3.04. The number of amides is 1. The van der Waals surface area contributed by atoms with E-state index in [9.17, 15) is 22.4 Å². The molecule has 0 bridgehead atoms. The van der Waals surface area contributed by atoms with Crippen LogP contribution in [0.25, 0.3) is 10.2 Å². The van der Waals surface area contributed by atoms with Gasteiger partial charge in [0.05, 0.1) is 16.2 Å². The van der Waals surface area contributed by atoms with Gasteiger partial charge in [0.25, 0.3) is 5.56 Å². The fourth-order valence-corrected chi connectivity index (χ4v) is 6.02. The zero-order valence-corrected chi connectivity index (χ0v) is 18.4. The maximum Gasteiger partial charge on any atom is 0.280 e. The van der Waals surface area contributed by atoms with Crippen molar-refractivity contribution in [1.29, 1.82) is 0 Å². The van der Waals surface area contributed by atoms with Crippen molar-refractivity contribution in [3.05, 3.63) is 57.7 Å². The number of rotatable bonds is 5. The van der Waals surface area contributed by atoms with Crippen molar-refractivity contribution < 1.29 is 17.6 Å². The molecule has 2 aromatic heterocycles. The molecule has 1 saturated heterocycles. The minimum atomic E-state index is -3.85. The summed E-state index contributed by atoms with van der Waals surface area (Å²) in [5, 5.41) is 0.439. The van der Waals surface area contributed by atoms with Gasteiger partial charge in [-0.15, -0.1) is 11.3 Å². The van der Waals surface area contributed by atoms with Crippen LogP contribution in [0.4, 0.5) is 4.39 Å². The first-order valence-electron chi connectivity index (χ1n) is 9.86. The number of hydrogen-bond donors (Lipinski definition) is 1. The zero-order valence-electron chi connectivity index (χ0n) is 16.7. The maximum absolute atomic E-state index is 13.1. The Bertz CT molecular complexity index is 1280. The summed E-state index contributed by atoms with van der Waals surface area (Å²) in [5.74, 6) is -1.60. The smallest absolute Gasteiger partial charge is 0.273 e. The largest absolute Gasteiger partial charge is 0.280 e. The van der Waals surface area contributed by atoms with E-state index in [4.69, 9.17) is 0 Å². The molecule has 1 aliphatic rings. The highest BCUT2D eigenvalue weighted by Gasteiger charge is 2.33. The van der Waals surface area contributed by atoms with Gasteiger partial charge in [-0.3, -0.25) is 15.0 Å². The first-order chi connectivity index (χ1) is 14.8. The van der Waals surface area contributed by atoms with Gasteiger partial charge >= 0.3 is 0 Å². The van der Waals surface area contributed by atoms with Crippen molar-refractivity contribution >= 4 is 37.5 Å². The molecule has 0 radical (unpaired) electrons. The Morgan fingerprint density at radius 1 is 1.32 bits per heavy atom. The molecule has 31 heavy (non-hydrogen) atoms. The number of fused-ring (bicyclic) bond motifs is 1. The molecular weight excluding hydrogens is 443 g/mol. The lowest BCUT2D eigenvalue weighted by Crippen LogP contribution is -2.46. The van der Waals surface area contributed by atoms with Crippen LogP contribution in [-0.4, -0.2) is 41.4 Å². The molecule has 11 heteroatoms. The molecule has 0 spiro atoms. The van der Waals surface area contributed by atoms with Crippen molar-refractivity contribution in [2.24, 2.45) is 5.92 Å². The van der Waals surface area contributed by atoms with Gasteiger partial charge in [0.2, 0.25) is 15.9 Å². The normalized spacial score (nSPS) is 17.7. The first-order valence-corrected chi connectivity index (χ1v) is 12.1. The Morgan fingerprint density at radius 3 is 2.77 bits per heavy atom. The highest BCUT2D eigenvalue weighted by molar-refractivity contribution is 7.89. The van der Waals surface area contributed by atoms with E-state index in [0.29, 0.717) is 23.1 Å². The van der Waals surface area contributed by atoms with Gasteiger partial charge in [-0.1, -0.05) is 6.92 Å². The molecule has 3 aromatic rings. The molecule has 4 rings (SSSR count). The van der Waals surface area contributed by atoms with Crippen molar-refractivity contribution in [2.75, 3.05) is 18.5 Å². The van der Waals surface area contributed by atoms with Gasteiger partial charge in [-0.05, 0) is 49.6 Å². The summed E-state index contributed by atoms with van der Waals surface area (Å²) in [6, 6.07) is 6.37. The van der Waals surface area contributed by atoms with Crippen molar-refractivity contribution in [1.82, 2.24) is 14.0 Å². The fourth-order valence-electron chi connectivity index (χ4n) is 3.57. The van der Waals surface area contributed by atoms with Crippen LogP contribution in [0, 0.1) is 11.7 Å². The average Bonchev–Trinajstić information content (AvgIpc) is 3.20. The molecule has 3 heterocycles. The minimum Gasteiger partial charge on any atom is -0.273 e. The van der Waals surface area contributed by atoms with Crippen LogP contribution >= 0.6 is 11.3 Å². The number of nitrogens with one attached hydrogen (secondary N) is 1. The molecule has 1 amide bonds. The lowest BCUT2D eigenvalue weighted by Gasteiger charge is -2.31. The van der Waals surface area contributed by atoms with E-state index in [0.717, 1.165) is 28.1 Å². The van der Waals surface area contributed by atoms with E-state index in [1.165, 1.54) is 34.1 Å². The fraction of sp³-hybridized carbons (Fsp3) is 0.350. The van der Waals surface area contributed by atoms with E-state index < -0.39 is 27.7 Å². The number of halogens is 1. The van der Waals surface area contributed by atoms with Gasteiger partial charge in [-0.25, -0.2) is 22.5 Å². The summed E-state index contributed by atoms with van der Waals surface area (Å²) in [5.41, 5.74) is 2.18. The predicted octanol–water partition coefficient (Wildman–Crippen LogP) is 2.33. The number of carbonyl (C=O) groups excluding carboxylic acids is 1. The second kappa shape index (κ2) is 8.48. The summed E-state index contributed by atoms with van der Waals surface area (Å²) < 4.78 is 41.2. The van der Waals surface area contributed by atoms with Gasteiger partial charge in [0.1, 0.15) is 17.0 Å². The molecule has 1 unspecified atom stereocenters. The molecule has 8 nitrogen and oxygen atoms in total. The number of aromatic nitrogens is 2. The van der Waals surface area contributed by atoms with Crippen LogP contribution in [0.2, 0.25) is 0 Å². The van der Waals surface area contributed by atoms with E-state index in [2.05, 4.69) is 10.4 Å². The number of thiophene rings is 1. The van der Waals surface area contributed by atoms with E-state index >= 15 is 0 Å². The Balaban J connectivity index is 1.51. The predicted molar refractivity (Wildman–Crippen MR) is 116 cm³/mol. The van der Waals surface area contributed by atoms with E-state index in [1.54, 1.807) is 6.07 Å². The number of carbonyl (C=O) groups is 1. The van der Waals surface area contributed by atoms with Crippen molar-refractivity contribution in [2.45, 2.75) is 31.1 Å². The highest BCUT2D eigenvalue weighted by atomic mass is 32.2.